The molecule has 0 radical (unpaired) electrons. The van der Waals surface area contributed by atoms with Crippen LogP contribution in [0.5, 0.6) is 5.75 Å². The van der Waals surface area contributed by atoms with E-state index in [0.29, 0.717) is 5.56 Å². The quantitative estimate of drug-likeness (QED) is 0.695. The maximum absolute atomic E-state index is 13.3. The van der Waals surface area contributed by atoms with Crippen molar-refractivity contribution in [3.05, 3.63) is 29.6 Å². The molecule has 1 rings (SSSR count). The molecule has 0 heterocycles. The molecule has 14 heavy (non-hydrogen) atoms. The second kappa shape index (κ2) is 4.22. The van der Waals surface area contributed by atoms with Gasteiger partial charge in [-0.15, -0.1) is 0 Å². The first kappa shape index (κ1) is 10.7. The van der Waals surface area contributed by atoms with Crippen molar-refractivity contribution in [2.75, 3.05) is 0 Å². The first-order chi connectivity index (χ1) is 6.52. The minimum Gasteiger partial charge on any atom is -0.487 e. The maximum atomic E-state index is 13.3. The van der Waals surface area contributed by atoms with Gasteiger partial charge in [-0.25, -0.2) is 4.39 Å². The van der Waals surface area contributed by atoms with E-state index in [4.69, 9.17) is 4.74 Å². The lowest BCUT2D eigenvalue weighted by Gasteiger charge is -2.13. The van der Waals surface area contributed by atoms with Crippen molar-refractivity contribution in [1.29, 1.82) is 0 Å². The van der Waals surface area contributed by atoms with Crippen molar-refractivity contribution in [1.82, 2.24) is 0 Å². The number of rotatable bonds is 3. The Balaban J connectivity index is 3.15. The molecular weight excluding hydrogens is 183 g/mol. The zero-order valence-electron chi connectivity index (χ0n) is 8.50. The van der Waals surface area contributed by atoms with Gasteiger partial charge in [0.05, 0.1) is 11.7 Å². The highest BCUT2D eigenvalue weighted by Gasteiger charge is 2.14. The van der Waals surface area contributed by atoms with E-state index in [2.05, 4.69) is 0 Å². The van der Waals surface area contributed by atoms with Crippen LogP contribution in [0.15, 0.2) is 18.2 Å². The van der Waals surface area contributed by atoms with Crippen LogP contribution in [0.4, 0.5) is 4.39 Å². The number of carbonyl (C=O) groups excluding carboxylic acids is 1. The number of halogens is 1. The highest BCUT2D eigenvalue weighted by atomic mass is 19.1. The SMILES string of the molecule is CC(=O)c1cccc(F)c1OC(C)C. The smallest absolute Gasteiger partial charge is 0.166 e. The monoisotopic (exact) mass is 196 g/mol. The minimum atomic E-state index is -0.494. The van der Waals surface area contributed by atoms with Crippen LogP contribution < -0.4 is 4.74 Å². The third-order valence-corrected chi connectivity index (χ3v) is 1.70. The Morgan fingerprint density at radius 3 is 2.57 bits per heavy atom. The molecule has 0 spiro atoms. The zero-order chi connectivity index (χ0) is 10.7. The number of benzene rings is 1. The van der Waals surface area contributed by atoms with Gasteiger partial charge in [0.2, 0.25) is 0 Å². The van der Waals surface area contributed by atoms with Gasteiger partial charge >= 0.3 is 0 Å². The Labute approximate surface area is 82.7 Å². The van der Waals surface area contributed by atoms with Gasteiger partial charge in [-0.05, 0) is 32.9 Å². The Hall–Kier alpha value is -1.38. The molecule has 76 valence electrons. The largest absolute Gasteiger partial charge is 0.487 e. The highest BCUT2D eigenvalue weighted by molar-refractivity contribution is 5.96. The fourth-order valence-electron chi connectivity index (χ4n) is 1.14. The van der Waals surface area contributed by atoms with Crippen molar-refractivity contribution in [3.63, 3.8) is 0 Å². The second-order valence-electron chi connectivity index (χ2n) is 3.34. The lowest BCUT2D eigenvalue weighted by Crippen LogP contribution is -2.10. The molecule has 2 nitrogen and oxygen atoms in total. The third-order valence-electron chi connectivity index (χ3n) is 1.70. The lowest BCUT2D eigenvalue weighted by atomic mass is 10.1. The summed E-state index contributed by atoms with van der Waals surface area (Å²) in [6.45, 7) is 4.97. The van der Waals surface area contributed by atoms with Crippen LogP contribution in [0, 0.1) is 5.82 Å². The Morgan fingerprint density at radius 2 is 2.07 bits per heavy atom. The van der Waals surface area contributed by atoms with E-state index in [1.165, 1.54) is 19.1 Å². The molecule has 3 heteroatoms. The summed E-state index contributed by atoms with van der Waals surface area (Å²) in [4.78, 5) is 11.2. The van der Waals surface area contributed by atoms with E-state index in [1.54, 1.807) is 19.9 Å². The van der Waals surface area contributed by atoms with Gasteiger partial charge in [0.25, 0.3) is 0 Å². The zero-order valence-corrected chi connectivity index (χ0v) is 8.50. The summed E-state index contributed by atoms with van der Waals surface area (Å²) in [5.74, 6) is -0.637. The molecule has 0 aliphatic heterocycles. The van der Waals surface area contributed by atoms with Crippen LogP contribution in [-0.2, 0) is 0 Å². The normalized spacial score (nSPS) is 10.4. The highest BCUT2D eigenvalue weighted by Crippen LogP contribution is 2.24. The predicted molar refractivity (Wildman–Crippen MR) is 52.2 cm³/mol. The van der Waals surface area contributed by atoms with Crippen LogP contribution in [0.25, 0.3) is 0 Å². The van der Waals surface area contributed by atoms with Gasteiger partial charge in [0, 0.05) is 0 Å². The van der Waals surface area contributed by atoms with E-state index in [-0.39, 0.29) is 17.6 Å². The minimum absolute atomic E-state index is 0.0509. The molecule has 0 amide bonds. The van der Waals surface area contributed by atoms with Gasteiger partial charge in [-0.2, -0.15) is 0 Å². The van der Waals surface area contributed by atoms with Gasteiger partial charge in [0.15, 0.2) is 17.3 Å². The van der Waals surface area contributed by atoms with Gasteiger partial charge < -0.3 is 4.74 Å². The number of para-hydroxylation sites is 1. The maximum Gasteiger partial charge on any atom is 0.166 e. The molecule has 0 aliphatic rings. The fourth-order valence-corrected chi connectivity index (χ4v) is 1.14. The van der Waals surface area contributed by atoms with E-state index in [9.17, 15) is 9.18 Å². The Kier molecular flexibility index (Phi) is 3.23. The number of ketones is 1. The fraction of sp³-hybridized carbons (Fsp3) is 0.364. The summed E-state index contributed by atoms with van der Waals surface area (Å²) >= 11 is 0. The van der Waals surface area contributed by atoms with Crippen molar-refractivity contribution in [3.8, 4) is 5.75 Å². The van der Waals surface area contributed by atoms with E-state index in [1.807, 2.05) is 0 Å². The molecule has 0 fully saturated rings. The molecule has 0 saturated carbocycles. The topological polar surface area (TPSA) is 26.3 Å². The van der Waals surface area contributed by atoms with E-state index < -0.39 is 5.82 Å². The molecule has 0 aliphatic carbocycles. The molecule has 1 aromatic carbocycles. The number of ether oxygens (including phenoxy) is 1. The standard InChI is InChI=1S/C11H13FO2/c1-7(2)14-11-9(8(3)13)5-4-6-10(11)12/h4-7H,1-3H3. The second-order valence-corrected chi connectivity index (χ2v) is 3.34. The van der Waals surface area contributed by atoms with Gasteiger partial charge in [-0.1, -0.05) is 6.07 Å². The Bertz CT molecular complexity index is 345. The first-order valence-electron chi connectivity index (χ1n) is 4.48. The molecule has 0 unspecified atom stereocenters. The van der Waals surface area contributed by atoms with Crippen molar-refractivity contribution < 1.29 is 13.9 Å². The van der Waals surface area contributed by atoms with Crippen LogP contribution in [0.1, 0.15) is 31.1 Å². The van der Waals surface area contributed by atoms with Gasteiger partial charge in [0.1, 0.15) is 0 Å². The average Bonchev–Trinajstić information content (AvgIpc) is 2.07. The lowest BCUT2D eigenvalue weighted by molar-refractivity contribution is 0.101. The van der Waals surface area contributed by atoms with Gasteiger partial charge in [-0.3, -0.25) is 4.79 Å². The van der Waals surface area contributed by atoms with Crippen LogP contribution in [-0.4, -0.2) is 11.9 Å². The molecule has 0 atom stereocenters. The summed E-state index contributed by atoms with van der Waals surface area (Å²) in [6.07, 6.45) is -0.148. The van der Waals surface area contributed by atoms with Crippen LogP contribution in [0.3, 0.4) is 0 Å². The van der Waals surface area contributed by atoms with Crippen LogP contribution in [0.2, 0.25) is 0 Å². The number of hydrogen-bond acceptors (Lipinski definition) is 2. The number of Topliss-reactive ketones (excluding diaryl/α,β-unsaturated/α-hetero) is 1. The summed E-state index contributed by atoms with van der Waals surface area (Å²) in [5, 5.41) is 0. The molecule has 0 saturated heterocycles. The molecule has 0 bridgehead atoms. The van der Waals surface area contributed by atoms with Crippen molar-refractivity contribution in [2.24, 2.45) is 0 Å². The summed E-state index contributed by atoms with van der Waals surface area (Å²) in [5.41, 5.74) is 0.290. The number of carbonyl (C=O) groups is 1. The summed E-state index contributed by atoms with van der Waals surface area (Å²) in [7, 11) is 0. The first-order valence-corrected chi connectivity index (χ1v) is 4.48. The Morgan fingerprint density at radius 1 is 1.43 bits per heavy atom. The van der Waals surface area contributed by atoms with Crippen molar-refractivity contribution >= 4 is 5.78 Å². The molecular formula is C11H13FO2. The average molecular weight is 196 g/mol. The van der Waals surface area contributed by atoms with Crippen LogP contribution >= 0.6 is 0 Å². The van der Waals surface area contributed by atoms with Crippen molar-refractivity contribution in [2.45, 2.75) is 26.9 Å². The molecule has 1 aromatic rings. The number of hydrogen-bond donors (Lipinski definition) is 0. The summed E-state index contributed by atoms with van der Waals surface area (Å²) < 4.78 is 18.5. The summed E-state index contributed by atoms with van der Waals surface area (Å²) in [6, 6.07) is 4.34. The predicted octanol–water partition coefficient (Wildman–Crippen LogP) is 2.82. The van der Waals surface area contributed by atoms with E-state index in [0.717, 1.165) is 0 Å². The molecule has 0 aromatic heterocycles. The molecule has 0 N–H and O–H groups in total. The van der Waals surface area contributed by atoms with E-state index >= 15 is 0 Å². The third kappa shape index (κ3) is 2.31.